The fourth-order valence-electron chi connectivity index (χ4n) is 2.07. The van der Waals surface area contributed by atoms with Crippen molar-refractivity contribution in [2.45, 2.75) is 31.4 Å². The van der Waals surface area contributed by atoms with Crippen LogP contribution in [0, 0.1) is 17.6 Å². The van der Waals surface area contributed by atoms with Gasteiger partial charge in [0.2, 0.25) is 0 Å². The Balaban J connectivity index is 0.00000144. The molecule has 17 heavy (non-hydrogen) atoms. The Morgan fingerprint density at radius 2 is 1.76 bits per heavy atom. The molecule has 0 saturated heterocycles. The highest BCUT2D eigenvalue weighted by atomic mass is 35.5. The summed E-state index contributed by atoms with van der Waals surface area (Å²) < 4.78 is 26.8. The lowest BCUT2D eigenvalue weighted by atomic mass is 9.77. The Morgan fingerprint density at radius 3 is 2.18 bits per heavy atom. The first kappa shape index (κ1) is 14.4. The minimum absolute atomic E-state index is 0. The van der Waals surface area contributed by atoms with Crippen molar-refractivity contribution in [1.82, 2.24) is 0 Å². The summed E-state index contributed by atoms with van der Waals surface area (Å²) >= 11 is 0. The second kappa shape index (κ2) is 5.76. The highest BCUT2D eigenvalue weighted by Crippen LogP contribution is 2.35. The van der Waals surface area contributed by atoms with E-state index in [1.165, 1.54) is 6.07 Å². The molecule has 3 N–H and O–H groups in total. The van der Waals surface area contributed by atoms with Gasteiger partial charge in [0.05, 0.1) is 12.1 Å². The molecule has 0 spiro atoms. The molecule has 1 fully saturated rings. The molecule has 0 radical (unpaired) electrons. The second-order valence-electron chi connectivity index (χ2n) is 4.34. The first-order valence-corrected chi connectivity index (χ1v) is 5.49. The summed E-state index contributed by atoms with van der Waals surface area (Å²) in [6.45, 7) is 0. The molecule has 1 aliphatic rings. The standard InChI is InChI=1S/C12H15F2NO.ClH/c13-8-5-2-6-9(14)10(8)11(15)12(16)7-3-1-4-7;/h2,5-7,11-12,16H,1,3-4,15H2;1H/t11-,12+;/m1./s1. The fourth-order valence-corrected chi connectivity index (χ4v) is 2.07. The van der Waals surface area contributed by atoms with Crippen molar-refractivity contribution in [2.24, 2.45) is 11.7 Å². The van der Waals surface area contributed by atoms with Crippen molar-refractivity contribution in [3.63, 3.8) is 0 Å². The minimum Gasteiger partial charge on any atom is -0.391 e. The molecule has 96 valence electrons. The number of aliphatic hydroxyl groups is 1. The van der Waals surface area contributed by atoms with Crippen molar-refractivity contribution in [1.29, 1.82) is 0 Å². The normalized spacial score (nSPS) is 19.1. The Labute approximate surface area is 105 Å². The molecular weight excluding hydrogens is 248 g/mol. The highest BCUT2D eigenvalue weighted by Gasteiger charge is 2.33. The zero-order valence-corrected chi connectivity index (χ0v) is 10.1. The average molecular weight is 264 g/mol. The molecule has 2 rings (SSSR count). The van der Waals surface area contributed by atoms with Crippen molar-refractivity contribution >= 4 is 12.4 Å². The maximum atomic E-state index is 13.4. The number of hydrogen-bond acceptors (Lipinski definition) is 2. The van der Waals surface area contributed by atoms with Gasteiger partial charge in [0.25, 0.3) is 0 Å². The fraction of sp³-hybridized carbons (Fsp3) is 0.500. The molecule has 0 heterocycles. The van der Waals surface area contributed by atoms with Gasteiger partial charge in [-0.15, -0.1) is 12.4 Å². The zero-order valence-electron chi connectivity index (χ0n) is 9.27. The van der Waals surface area contributed by atoms with Crippen LogP contribution in [0.25, 0.3) is 0 Å². The molecule has 0 aromatic heterocycles. The van der Waals surface area contributed by atoms with Gasteiger partial charge in [-0.25, -0.2) is 8.78 Å². The van der Waals surface area contributed by atoms with Gasteiger partial charge in [0.1, 0.15) is 11.6 Å². The number of halogens is 3. The molecule has 1 aliphatic carbocycles. The van der Waals surface area contributed by atoms with E-state index >= 15 is 0 Å². The number of aliphatic hydroxyl groups excluding tert-OH is 1. The Kier molecular flexibility index (Phi) is 4.86. The molecule has 0 bridgehead atoms. The van der Waals surface area contributed by atoms with E-state index in [0.717, 1.165) is 31.4 Å². The average Bonchev–Trinajstić information content (AvgIpc) is 2.14. The van der Waals surface area contributed by atoms with Gasteiger partial charge < -0.3 is 10.8 Å². The Bertz CT molecular complexity index is 365. The van der Waals surface area contributed by atoms with Crippen molar-refractivity contribution < 1.29 is 13.9 Å². The van der Waals surface area contributed by atoms with E-state index < -0.39 is 23.8 Å². The topological polar surface area (TPSA) is 46.2 Å². The van der Waals surface area contributed by atoms with E-state index in [0.29, 0.717) is 0 Å². The number of nitrogens with two attached hydrogens (primary N) is 1. The molecule has 1 aromatic rings. The Morgan fingerprint density at radius 1 is 1.24 bits per heavy atom. The third kappa shape index (κ3) is 2.76. The van der Waals surface area contributed by atoms with E-state index in [1.54, 1.807) is 0 Å². The van der Waals surface area contributed by atoms with Crippen LogP contribution in [0.1, 0.15) is 30.9 Å². The first-order valence-electron chi connectivity index (χ1n) is 5.49. The summed E-state index contributed by atoms with van der Waals surface area (Å²) in [7, 11) is 0. The lowest BCUT2D eigenvalue weighted by Crippen LogP contribution is -2.37. The molecular formula is C12H16ClF2NO. The smallest absolute Gasteiger partial charge is 0.131 e. The van der Waals surface area contributed by atoms with E-state index in [-0.39, 0.29) is 23.9 Å². The van der Waals surface area contributed by atoms with E-state index in [1.807, 2.05) is 0 Å². The molecule has 2 atom stereocenters. The SMILES string of the molecule is Cl.N[C@H](c1c(F)cccc1F)[C@@H](O)C1CCC1. The summed E-state index contributed by atoms with van der Waals surface area (Å²) in [5.41, 5.74) is 5.51. The summed E-state index contributed by atoms with van der Waals surface area (Å²) in [6, 6.07) is 2.63. The van der Waals surface area contributed by atoms with Crippen LogP contribution in [-0.4, -0.2) is 11.2 Å². The third-order valence-corrected chi connectivity index (χ3v) is 3.33. The first-order chi connectivity index (χ1) is 7.61. The molecule has 2 nitrogen and oxygen atoms in total. The van der Waals surface area contributed by atoms with Crippen LogP contribution >= 0.6 is 12.4 Å². The second-order valence-corrected chi connectivity index (χ2v) is 4.34. The van der Waals surface area contributed by atoms with Crippen LogP contribution in [0.3, 0.4) is 0 Å². The van der Waals surface area contributed by atoms with Crippen molar-refractivity contribution in [3.8, 4) is 0 Å². The van der Waals surface area contributed by atoms with Crippen molar-refractivity contribution in [3.05, 3.63) is 35.4 Å². The monoisotopic (exact) mass is 263 g/mol. The maximum absolute atomic E-state index is 13.4. The zero-order chi connectivity index (χ0) is 11.7. The van der Waals surface area contributed by atoms with Crippen LogP contribution in [0.15, 0.2) is 18.2 Å². The van der Waals surface area contributed by atoms with E-state index in [2.05, 4.69) is 0 Å². The maximum Gasteiger partial charge on any atom is 0.131 e. The summed E-state index contributed by atoms with van der Waals surface area (Å²) in [4.78, 5) is 0. The van der Waals surface area contributed by atoms with E-state index in [4.69, 9.17) is 5.73 Å². The van der Waals surface area contributed by atoms with Gasteiger partial charge in [0, 0.05) is 5.56 Å². The number of benzene rings is 1. The van der Waals surface area contributed by atoms with Gasteiger partial charge in [-0.3, -0.25) is 0 Å². The van der Waals surface area contributed by atoms with Gasteiger partial charge >= 0.3 is 0 Å². The predicted molar refractivity (Wildman–Crippen MR) is 63.9 cm³/mol. The molecule has 0 aliphatic heterocycles. The van der Waals surface area contributed by atoms with Crippen LogP contribution < -0.4 is 5.73 Å². The number of rotatable bonds is 3. The summed E-state index contributed by atoms with van der Waals surface area (Å²) in [5, 5.41) is 9.88. The van der Waals surface area contributed by atoms with Gasteiger partial charge in [-0.1, -0.05) is 12.5 Å². The summed E-state index contributed by atoms with van der Waals surface area (Å²) in [6.07, 6.45) is 1.95. The minimum atomic E-state index is -0.980. The molecule has 0 unspecified atom stereocenters. The van der Waals surface area contributed by atoms with Gasteiger partial charge in [0.15, 0.2) is 0 Å². The summed E-state index contributed by atoms with van der Waals surface area (Å²) in [5.74, 6) is -1.30. The van der Waals surface area contributed by atoms with Crippen LogP contribution in [-0.2, 0) is 0 Å². The van der Waals surface area contributed by atoms with Gasteiger partial charge in [-0.05, 0) is 30.9 Å². The lowest BCUT2D eigenvalue weighted by Gasteiger charge is -2.33. The third-order valence-electron chi connectivity index (χ3n) is 3.33. The molecule has 1 aromatic carbocycles. The van der Waals surface area contributed by atoms with Gasteiger partial charge in [-0.2, -0.15) is 0 Å². The predicted octanol–water partition coefficient (Wildman–Crippen LogP) is 2.55. The highest BCUT2D eigenvalue weighted by molar-refractivity contribution is 5.85. The van der Waals surface area contributed by atoms with Crippen molar-refractivity contribution in [2.75, 3.05) is 0 Å². The lowest BCUT2D eigenvalue weighted by molar-refractivity contribution is 0.0395. The quantitative estimate of drug-likeness (QED) is 0.880. The Hall–Kier alpha value is -0.710. The molecule has 0 amide bonds. The number of hydrogen-bond donors (Lipinski definition) is 2. The van der Waals surface area contributed by atoms with Crippen LogP contribution in [0.4, 0.5) is 8.78 Å². The molecule has 1 saturated carbocycles. The van der Waals surface area contributed by atoms with Crippen LogP contribution in [0.2, 0.25) is 0 Å². The largest absolute Gasteiger partial charge is 0.391 e. The van der Waals surface area contributed by atoms with Crippen LogP contribution in [0.5, 0.6) is 0 Å². The molecule has 5 heteroatoms. The van der Waals surface area contributed by atoms with E-state index in [9.17, 15) is 13.9 Å².